The molecule has 0 aromatic carbocycles. The summed E-state index contributed by atoms with van der Waals surface area (Å²) in [4.78, 5) is 0. The molecule has 12 heavy (non-hydrogen) atoms. The Hall–Kier alpha value is 0.220. The van der Waals surface area contributed by atoms with Crippen molar-refractivity contribution in [3.63, 3.8) is 0 Å². The first-order chi connectivity index (χ1) is 5.66. The Morgan fingerprint density at radius 3 is 2.83 bits per heavy atom. The quantitative estimate of drug-likeness (QED) is 0.499. The van der Waals surface area contributed by atoms with Crippen LogP contribution >= 0.6 is 15.9 Å². The molecule has 1 fully saturated rings. The second-order valence-corrected chi connectivity index (χ2v) is 5.55. The smallest absolute Gasteiger partial charge is 0.00686 e. The van der Waals surface area contributed by atoms with Crippen molar-refractivity contribution in [2.75, 3.05) is 5.33 Å². The zero-order valence-electron chi connectivity index (χ0n) is 7.94. The van der Waals surface area contributed by atoms with Gasteiger partial charge in [-0.05, 0) is 36.5 Å². The first kappa shape index (κ1) is 8.80. The third kappa shape index (κ3) is 1.09. The largest absolute Gasteiger partial charge is 0.0925 e. The van der Waals surface area contributed by atoms with E-state index in [2.05, 4.69) is 35.9 Å². The SMILES string of the molecule is CC1(C)[C@H]2CC=C(CCBr)[C@@H]1C2. The Labute approximate surface area is 83.6 Å². The van der Waals surface area contributed by atoms with Gasteiger partial charge in [-0.15, -0.1) is 0 Å². The molecule has 0 nitrogen and oxygen atoms in total. The van der Waals surface area contributed by atoms with Crippen LogP contribution in [0.2, 0.25) is 0 Å². The molecule has 68 valence electrons. The van der Waals surface area contributed by atoms with Crippen LogP contribution in [-0.2, 0) is 0 Å². The highest BCUT2D eigenvalue weighted by Crippen LogP contribution is 2.59. The van der Waals surface area contributed by atoms with Gasteiger partial charge in [0.15, 0.2) is 0 Å². The summed E-state index contributed by atoms with van der Waals surface area (Å²) in [7, 11) is 0. The van der Waals surface area contributed by atoms with Crippen molar-refractivity contribution in [3.8, 4) is 0 Å². The molecule has 0 unspecified atom stereocenters. The van der Waals surface area contributed by atoms with E-state index < -0.39 is 0 Å². The molecule has 1 heteroatoms. The predicted octanol–water partition coefficient (Wildman–Crippen LogP) is 3.76. The van der Waals surface area contributed by atoms with Gasteiger partial charge in [0.05, 0.1) is 0 Å². The highest BCUT2D eigenvalue weighted by Gasteiger charge is 2.50. The van der Waals surface area contributed by atoms with Gasteiger partial charge < -0.3 is 0 Å². The van der Waals surface area contributed by atoms with Crippen LogP contribution in [0.4, 0.5) is 0 Å². The predicted molar refractivity (Wildman–Crippen MR) is 56.5 cm³/mol. The molecule has 2 atom stereocenters. The zero-order valence-corrected chi connectivity index (χ0v) is 9.52. The average Bonchev–Trinajstić information content (AvgIpc) is 2.05. The number of hydrogen-bond acceptors (Lipinski definition) is 0. The lowest BCUT2D eigenvalue weighted by molar-refractivity contribution is -0.00765. The fourth-order valence-electron chi connectivity index (χ4n) is 2.87. The number of hydrogen-bond donors (Lipinski definition) is 0. The maximum Gasteiger partial charge on any atom is 0.00686 e. The molecule has 0 heterocycles. The van der Waals surface area contributed by atoms with Crippen molar-refractivity contribution in [2.45, 2.75) is 33.1 Å². The van der Waals surface area contributed by atoms with Crippen LogP contribution in [0, 0.1) is 17.3 Å². The lowest BCUT2D eigenvalue weighted by Crippen LogP contribution is -2.48. The topological polar surface area (TPSA) is 0 Å². The van der Waals surface area contributed by atoms with Crippen LogP contribution in [0.5, 0.6) is 0 Å². The Balaban J connectivity index is 2.13. The molecule has 3 aliphatic rings. The molecule has 0 saturated heterocycles. The van der Waals surface area contributed by atoms with E-state index in [9.17, 15) is 0 Å². The summed E-state index contributed by atoms with van der Waals surface area (Å²) < 4.78 is 0. The summed E-state index contributed by atoms with van der Waals surface area (Å²) in [5.74, 6) is 1.90. The van der Waals surface area contributed by atoms with Crippen molar-refractivity contribution < 1.29 is 0 Å². The van der Waals surface area contributed by atoms with E-state index in [4.69, 9.17) is 0 Å². The lowest BCUT2D eigenvalue weighted by atomic mass is 9.48. The third-order valence-electron chi connectivity index (χ3n) is 3.97. The fourth-order valence-corrected chi connectivity index (χ4v) is 3.32. The maximum atomic E-state index is 3.53. The van der Waals surface area contributed by atoms with Crippen molar-refractivity contribution in [1.29, 1.82) is 0 Å². The minimum atomic E-state index is 0.617. The van der Waals surface area contributed by atoms with Gasteiger partial charge >= 0.3 is 0 Å². The lowest BCUT2D eigenvalue weighted by Gasteiger charge is -2.56. The number of fused-ring (bicyclic) bond motifs is 1. The summed E-state index contributed by atoms with van der Waals surface area (Å²) >= 11 is 3.53. The molecule has 0 spiro atoms. The molecule has 3 aliphatic carbocycles. The maximum absolute atomic E-state index is 3.53. The van der Waals surface area contributed by atoms with Gasteiger partial charge in [0.1, 0.15) is 0 Å². The number of halogens is 1. The van der Waals surface area contributed by atoms with Crippen LogP contribution < -0.4 is 0 Å². The molecule has 2 bridgehead atoms. The van der Waals surface area contributed by atoms with Gasteiger partial charge in [-0.25, -0.2) is 0 Å². The summed E-state index contributed by atoms with van der Waals surface area (Å²) in [5, 5.41) is 1.14. The number of alkyl halides is 1. The molecule has 0 aliphatic heterocycles. The van der Waals surface area contributed by atoms with E-state index in [0.29, 0.717) is 5.41 Å². The fraction of sp³-hybridized carbons (Fsp3) is 0.818. The second-order valence-electron chi connectivity index (χ2n) is 4.76. The van der Waals surface area contributed by atoms with E-state index >= 15 is 0 Å². The molecular weight excluding hydrogens is 212 g/mol. The van der Waals surface area contributed by atoms with Gasteiger partial charge in [-0.1, -0.05) is 41.4 Å². The van der Waals surface area contributed by atoms with Crippen LogP contribution in [0.3, 0.4) is 0 Å². The van der Waals surface area contributed by atoms with Gasteiger partial charge in [0.25, 0.3) is 0 Å². The monoisotopic (exact) mass is 228 g/mol. The van der Waals surface area contributed by atoms with Crippen molar-refractivity contribution in [1.82, 2.24) is 0 Å². The minimum Gasteiger partial charge on any atom is -0.0925 e. The molecular formula is C11H17Br. The van der Waals surface area contributed by atoms with Crippen molar-refractivity contribution in [2.24, 2.45) is 17.3 Å². The molecule has 0 N–H and O–H groups in total. The summed E-state index contributed by atoms with van der Waals surface area (Å²) in [5.41, 5.74) is 2.34. The Kier molecular flexibility index (Phi) is 2.10. The van der Waals surface area contributed by atoms with E-state index in [1.165, 1.54) is 19.3 Å². The second kappa shape index (κ2) is 2.87. The first-order valence-electron chi connectivity index (χ1n) is 4.91. The summed E-state index contributed by atoms with van der Waals surface area (Å²) in [6.07, 6.45) is 6.56. The van der Waals surface area contributed by atoms with Gasteiger partial charge in [0, 0.05) is 5.33 Å². The molecule has 3 rings (SSSR count). The Morgan fingerprint density at radius 2 is 2.33 bits per heavy atom. The Morgan fingerprint density at radius 1 is 1.58 bits per heavy atom. The Bertz CT molecular complexity index is 215. The van der Waals surface area contributed by atoms with Crippen molar-refractivity contribution in [3.05, 3.63) is 11.6 Å². The summed E-state index contributed by atoms with van der Waals surface area (Å²) in [6, 6.07) is 0. The van der Waals surface area contributed by atoms with Crippen LogP contribution in [-0.4, -0.2) is 5.33 Å². The third-order valence-corrected chi connectivity index (χ3v) is 4.36. The normalized spacial score (nSPS) is 37.1. The molecule has 0 aromatic heterocycles. The van der Waals surface area contributed by atoms with Crippen LogP contribution in [0.15, 0.2) is 11.6 Å². The van der Waals surface area contributed by atoms with E-state index in [1.807, 2.05) is 0 Å². The van der Waals surface area contributed by atoms with Gasteiger partial charge in [-0.3, -0.25) is 0 Å². The number of allylic oxidation sites excluding steroid dienone is 2. The molecule has 0 amide bonds. The van der Waals surface area contributed by atoms with Crippen molar-refractivity contribution >= 4 is 15.9 Å². The zero-order chi connectivity index (χ0) is 8.77. The summed E-state index contributed by atoms with van der Waals surface area (Å²) in [6.45, 7) is 4.88. The highest BCUT2D eigenvalue weighted by atomic mass is 79.9. The highest BCUT2D eigenvalue weighted by molar-refractivity contribution is 9.09. The van der Waals surface area contributed by atoms with Crippen LogP contribution in [0.1, 0.15) is 33.1 Å². The molecule has 0 aromatic rings. The standard InChI is InChI=1S/C11H17Br/c1-11(2)9-4-3-8(5-6-12)10(11)7-9/h3,9-10H,4-7H2,1-2H3/t9-,10-/m0/s1. The van der Waals surface area contributed by atoms with Gasteiger partial charge in [-0.2, -0.15) is 0 Å². The van der Waals surface area contributed by atoms with Crippen LogP contribution in [0.25, 0.3) is 0 Å². The average molecular weight is 229 g/mol. The van der Waals surface area contributed by atoms with Gasteiger partial charge in [0.2, 0.25) is 0 Å². The molecule has 1 saturated carbocycles. The van der Waals surface area contributed by atoms with E-state index in [0.717, 1.165) is 17.2 Å². The number of rotatable bonds is 2. The minimum absolute atomic E-state index is 0.617. The van der Waals surface area contributed by atoms with E-state index in [1.54, 1.807) is 5.57 Å². The van der Waals surface area contributed by atoms with E-state index in [-0.39, 0.29) is 0 Å². The molecule has 0 radical (unpaired) electrons. The first-order valence-corrected chi connectivity index (χ1v) is 6.03.